The monoisotopic (exact) mass is 209 g/mol. The average Bonchev–Trinajstić information content (AvgIpc) is 2.57. The van der Waals surface area contributed by atoms with Gasteiger partial charge in [-0.15, -0.1) is 0 Å². The van der Waals surface area contributed by atoms with Crippen LogP contribution in [0.1, 0.15) is 65.4 Å². The zero-order valence-electron chi connectivity index (χ0n) is 10.8. The molecule has 1 heterocycles. The number of hydrogen-bond donors (Lipinski definition) is 0. The molecule has 0 radical (unpaired) electrons. The van der Waals surface area contributed by atoms with Crippen molar-refractivity contribution in [2.45, 2.75) is 66.0 Å². The lowest BCUT2D eigenvalue weighted by atomic mass is 10.2. The second-order valence-electron chi connectivity index (χ2n) is 4.82. The van der Waals surface area contributed by atoms with Crippen molar-refractivity contribution in [1.29, 1.82) is 0 Å². The van der Waals surface area contributed by atoms with Crippen LogP contribution in [0.15, 0.2) is 12.4 Å². The summed E-state index contributed by atoms with van der Waals surface area (Å²) in [4.78, 5) is 0. The molecule has 86 valence electrons. The van der Waals surface area contributed by atoms with Crippen molar-refractivity contribution in [3.05, 3.63) is 18.2 Å². The Balaban J connectivity index is 2.97. The number of nitrogens with zero attached hydrogens (tertiary/aromatic N) is 2. The summed E-state index contributed by atoms with van der Waals surface area (Å²) in [7, 11) is 0. The second kappa shape index (κ2) is 5.34. The molecule has 0 amide bonds. The Morgan fingerprint density at radius 1 is 1.27 bits per heavy atom. The Labute approximate surface area is 93.9 Å². The van der Waals surface area contributed by atoms with E-state index >= 15 is 0 Å². The van der Waals surface area contributed by atoms with Gasteiger partial charge in [-0.1, -0.05) is 13.3 Å². The summed E-state index contributed by atoms with van der Waals surface area (Å²) in [5.74, 6) is 1.47. The molecule has 0 spiro atoms. The van der Waals surface area contributed by atoms with Gasteiger partial charge in [0.1, 0.15) is 12.4 Å². The molecule has 0 saturated carbocycles. The molecule has 0 aromatic carbocycles. The predicted molar refractivity (Wildman–Crippen MR) is 64.0 cm³/mol. The molecular formula is C13H25N2+. The van der Waals surface area contributed by atoms with Gasteiger partial charge in [0.2, 0.25) is 0 Å². The maximum atomic E-state index is 2.40. The summed E-state index contributed by atoms with van der Waals surface area (Å²) >= 11 is 0. The SMILES string of the molecule is CCCCc1n(C(C)C)cc[n+]1C(C)C. The van der Waals surface area contributed by atoms with E-state index in [-0.39, 0.29) is 0 Å². The standard InChI is InChI=1S/C13H25N2/c1-6-7-8-13-14(11(2)3)9-10-15(13)12(4)5/h9-12H,6-8H2,1-5H3/q+1. The molecule has 1 aromatic rings. The van der Waals surface area contributed by atoms with E-state index in [1.807, 2.05) is 0 Å². The Bertz CT molecular complexity index is 272. The van der Waals surface area contributed by atoms with Crippen LogP contribution in [0, 0.1) is 0 Å². The average molecular weight is 209 g/mol. The first-order valence-electron chi connectivity index (χ1n) is 6.18. The molecule has 0 unspecified atom stereocenters. The quantitative estimate of drug-likeness (QED) is 0.658. The lowest BCUT2D eigenvalue weighted by Crippen LogP contribution is -2.39. The third-order valence-electron chi connectivity index (χ3n) is 2.85. The summed E-state index contributed by atoms with van der Waals surface area (Å²) in [6, 6.07) is 1.13. The van der Waals surface area contributed by atoms with Gasteiger partial charge >= 0.3 is 0 Å². The minimum atomic E-state index is 0.567. The molecular weight excluding hydrogens is 184 g/mol. The van der Waals surface area contributed by atoms with Crippen LogP contribution in [0.5, 0.6) is 0 Å². The highest BCUT2D eigenvalue weighted by Crippen LogP contribution is 2.11. The van der Waals surface area contributed by atoms with Gasteiger partial charge in [0.25, 0.3) is 5.82 Å². The molecule has 0 aliphatic carbocycles. The topological polar surface area (TPSA) is 8.81 Å². The molecule has 0 atom stereocenters. The molecule has 2 heteroatoms. The van der Waals surface area contributed by atoms with Crippen molar-refractivity contribution < 1.29 is 4.57 Å². The maximum Gasteiger partial charge on any atom is 0.256 e. The normalized spacial score (nSPS) is 11.7. The zero-order chi connectivity index (χ0) is 11.4. The summed E-state index contributed by atoms with van der Waals surface area (Å²) in [6.45, 7) is 11.3. The number of rotatable bonds is 5. The third-order valence-corrected chi connectivity index (χ3v) is 2.85. The van der Waals surface area contributed by atoms with Crippen LogP contribution in [-0.4, -0.2) is 4.57 Å². The fourth-order valence-electron chi connectivity index (χ4n) is 1.98. The van der Waals surface area contributed by atoms with E-state index in [2.05, 4.69) is 56.1 Å². The van der Waals surface area contributed by atoms with Crippen molar-refractivity contribution in [2.75, 3.05) is 0 Å². The molecule has 0 saturated heterocycles. The van der Waals surface area contributed by atoms with Crippen LogP contribution in [0.25, 0.3) is 0 Å². The zero-order valence-corrected chi connectivity index (χ0v) is 10.8. The molecule has 2 nitrogen and oxygen atoms in total. The van der Waals surface area contributed by atoms with Crippen LogP contribution in [0.4, 0.5) is 0 Å². The fourth-order valence-corrected chi connectivity index (χ4v) is 1.98. The minimum Gasteiger partial charge on any atom is -0.232 e. The summed E-state index contributed by atoms with van der Waals surface area (Å²) in [5.41, 5.74) is 0. The highest BCUT2D eigenvalue weighted by atomic mass is 15.2. The first-order valence-corrected chi connectivity index (χ1v) is 6.18. The van der Waals surface area contributed by atoms with Crippen molar-refractivity contribution >= 4 is 0 Å². The molecule has 1 aromatic heterocycles. The van der Waals surface area contributed by atoms with E-state index in [1.54, 1.807) is 0 Å². The third kappa shape index (κ3) is 2.83. The number of aromatic nitrogens is 2. The molecule has 0 bridgehead atoms. The summed E-state index contributed by atoms with van der Waals surface area (Å²) in [5, 5.41) is 0. The van der Waals surface area contributed by atoms with Crippen molar-refractivity contribution in [3.63, 3.8) is 0 Å². The van der Waals surface area contributed by atoms with Crippen molar-refractivity contribution in [2.24, 2.45) is 0 Å². The minimum absolute atomic E-state index is 0.567. The lowest BCUT2D eigenvalue weighted by molar-refractivity contribution is -0.722. The van der Waals surface area contributed by atoms with Gasteiger partial charge in [0.15, 0.2) is 0 Å². The molecule has 15 heavy (non-hydrogen) atoms. The van der Waals surface area contributed by atoms with E-state index in [0.717, 1.165) is 0 Å². The van der Waals surface area contributed by atoms with Crippen LogP contribution in [0.3, 0.4) is 0 Å². The van der Waals surface area contributed by atoms with Gasteiger partial charge in [0, 0.05) is 6.42 Å². The maximum absolute atomic E-state index is 2.40. The number of imidazole rings is 1. The Hall–Kier alpha value is -0.790. The largest absolute Gasteiger partial charge is 0.256 e. The fraction of sp³-hybridized carbons (Fsp3) is 0.769. The lowest BCUT2D eigenvalue weighted by Gasteiger charge is -2.09. The van der Waals surface area contributed by atoms with Crippen LogP contribution < -0.4 is 4.57 Å². The van der Waals surface area contributed by atoms with E-state index in [0.29, 0.717) is 12.1 Å². The van der Waals surface area contributed by atoms with Crippen molar-refractivity contribution in [3.8, 4) is 0 Å². The Kier molecular flexibility index (Phi) is 4.37. The summed E-state index contributed by atoms with van der Waals surface area (Å²) in [6.07, 6.45) is 8.18. The number of hydrogen-bond acceptors (Lipinski definition) is 0. The first-order chi connectivity index (χ1) is 7.07. The molecule has 0 N–H and O–H groups in total. The van der Waals surface area contributed by atoms with Gasteiger partial charge in [-0.2, -0.15) is 0 Å². The Morgan fingerprint density at radius 2 is 1.93 bits per heavy atom. The molecule has 0 fully saturated rings. The highest BCUT2D eigenvalue weighted by Gasteiger charge is 2.20. The van der Waals surface area contributed by atoms with E-state index in [9.17, 15) is 0 Å². The van der Waals surface area contributed by atoms with Gasteiger partial charge in [-0.3, -0.25) is 0 Å². The van der Waals surface area contributed by atoms with E-state index in [4.69, 9.17) is 0 Å². The van der Waals surface area contributed by atoms with Crippen LogP contribution >= 0.6 is 0 Å². The Morgan fingerprint density at radius 3 is 2.40 bits per heavy atom. The molecule has 1 rings (SSSR count). The van der Waals surface area contributed by atoms with Crippen molar-refractivity contribution in [1.82, 2.24) is 4.57 Å². The number of unbranched alkanes of at least 4 members (excludes halogenated alkanes) is 1. The van der Waals surface area contributed by atoms with E-state index in [1.165, 1.54) is 25.1 Å². The van der Waals surface area contributed by atoms with Gasteiger partial charge in [-0.05, 0) is 34.1 Å². The van der Waals surface area contributed by atoms with Gasteiger partial charge in [0.05, 0.1) is 12.1 Å². The predicted octanol–water partition coefficient (Wildman–Crippen LogP) is 3.28. The highest BCUT2D eigenvalue weighted by molar-refractivity contribution is 4.87. The molecule has 0 aliphatic heterocycles. The van der Waals surface area contributed by atoms with Crippen LogP contribution in [-0.2, 0) is 6.42 Å². The van der Waals surface area contributed by atoms with Gasteiger partial charge in [-0.25, -0.2) is 9.13 Å². The smallest absolute Gasteiger partial charge is 0.232 e. The second-order valence-corrected chi connectivity index (χ2v) is 4.82. The van der Waals surface area contributed by atoms with Crippen LogP contribution in [0.2, 0.25) is 0 Å². The summed E-state index contributed by atoms with van der Waals surface area (Å²) < 4.78 is 4.80. The first kappa shape index (κ1) is 12.3. The van der Waals surface area contributed by atoms with E-state index < -0.39 is 0 Å². The molecule has 0 aliphatic rings. The van der Waals surface area contributed by atoms with Gasteiger partial charge < -0.3 is 0 Å².